The van der Waals surface area contributed by atoms with Gasteiger partial charge in [-0.2, -0.15) is 0 Å². The molecule has 148 valence electrons. The van der Waals surface area contributed by atoms with Gasteiger partial charge in [0, 0.05) is 43.2 Å². The summed E-state index contributed by atoms with van der Waals surface area (Å²) < 4.78 is 10.7. The molecule has 2 aromatic carbocycles. The van der Waals surface area contributed by atoms with Crippen molar-refractivity contribution in [3.8, 4) is 11.5 Å². The van der Waals surface area contributed by atoms with Gasteiger partial charge in [0.05, 0.1) is 20.3 Å². The number of benzene rings is 2. The predicted molar refractivity (Wildman–Crippen MR) is 109 cm³/mol. The maximum absolute atomic E-state index is 13.2. The van der Waals surface area contributed by atoms with Crippen molar-refractivity contribution in [2.24, 2.45) is 0 Å². The second-order valence-corrected chi connectivity index (χ2v) is 8.31. The van der Waals surface area contributed by atoms with Gasteiger partial charge in [0.25, 0.3) is 5.91 Å². The Kier molecular flexibility index (Phi) is 4.79. The summed E-state index contributed by atoms with van der Waals surface area (Å²) in [4.78, 5) is 17.7. The highest BCUT2D eigenvalue weighted by Gasteiger charge is 2.41. The van der Waals surface area contributed by atoms with Crippen molar-refractivity contribution < 1.29 is 14.3 Å². The molecule has 1 unspecified atom stereocenters. The summed E-state index contributed by atoms with van der Waals surface area (Å²) in [5, 5.41) is 0. The van der Waals surface area contributed by atoms with E-state index in [1.807, 2.05) is 4.90 Å². The normalized spacial score (nSPS) is 20.9. The van der Waals surface area contributed by atoms with Crippen LogP contribution in [0.1, 0.15) is 41.4 Å². The number of nitrogens with zero attached hydrogens (tertiary/aromatic N) is 2. The number of hydrogen-bond donors (Lipinski definition) is 0. The van der Waals surface area contributed by atoms with Gasteiger partial charge >= 0.3 is 0 Å². The number of carbonyl (C=O) groups excluding carboxylic acids is 1. The molecule has 28 heavy (non-hydrogen) atoms. The van der Waals surface area contributed by atoms with Gasteiger partial charge in [-0.25, -0.2) is 0 Å². The van der Waals surface area contributed by atoms with Crippen molar-refractivity contribution in [1.82, 2.24) is 9.80 Å². The van der Waals surface area contributed by atoms with Crippen molar-refractivity contribution in [3.05, 3.63) is 59.2 Å². The quantitative estimate of drug-likeness (QED) is 0.817. The molecule has 2 heterocycles. The lowest BCUT2D eigenvalue weighted by atomic mass is 9.75. The van der Waals surface area contributed by atoms with Crippen molar-refractivity contribution in [3.63, 3.8) is 0 Å². The Morgan fingerprint density at radius 1 is 1.04 bits per heavy atom. The van der Waals surface area contributed by atoms with Crippen LogP contribution in [0.2, 0.25) is 0 Å². The summed E-state index contributed by atoms with van der Waals surface area (Å²) in [7, 11) is 3.20. The minimum atomic E-state index is 0.0270. The molecule has 1 atom stereocenters. The van der Waals surface area contributed by atoms with Gasteiger partial charge in [0.1, 0.15) is 11.5 Å². The molecule has 2 aliphatic rings. The van der Waals surface area contributed by atoms with Gasteiger partial charge in [0.2, 0.25) is 0 Å². The third-order valence-corrected chi connectivity index (χ3v) is 6.02. The van der Waals surface area contributed by atoms with Gasteiger partial charge in [-0.15, -0.1) is 0 Å². The zero-order valence-corrected chi connectivity index (χ0v) is 17.1. The minimum Gasteiger partial charge on any atom is -0.497 e. The number of piperazine rings is 1. The number of hydrogen-bond acceptors (Lipinski definition) is 4. The fourth-order valence-electron chi connectivity index (χ4n) is 4.60. The van der Waals surface area contributed by atoms with Crippen LogP contribution in [-0.4, -0.2) is 56.1 Å². The fraction of sp³-hybridized carbons (Fsp3) is 0.435. The zero-order valence-electron chi connectivity index (χ0n) is 17.1. The average Bonchev–Trinajstić information content (AvgIpc) is 2.72. The maximum Gasteiger partial charge on any atom is 0.254 e. The smallest absolute Gasteiger partial charge is 0.254 e. The first-order valence-electron chi connectivity index (χ1n) is 9.79. The lowest BCUT2D eigenvalue weighted by Gasteiger charge is -2.50. The lowest BCUT2D eigenvalue weighted by molar-refractivity contribution is 0.0359. The maximum atomic E-state index is 13.2. The molecule has 5 nitrogen and oxygen atoms in total. The number of carbonyl (C=O) groups is 1. The van der Waals surface area contributed by atoms with Crippen LogP contribution in [-0.2, 0) is 5.41 Å². The number of fused-ring (bicyclic) bond motifs is 3. The zero-order chi connectivity index (χ0) is 19.9. The van der Waals surface area contributed by atoms with Crippen LogP contribution >= 0.6 is 0 Å². The highest BCUT2D eigenvalue weighted by Crippen LogP contribution is 2.41. The van der Waals surface area contributed by atoms with Crippen molar-refractivity contribution in [2.45, 2.75) is 25.3 Å². The molecule has 0 radical (unpaired) electrons. The number of ether oxygens (including phenoxy) is 2. The number of rotatable bonds is 3. The van der Waals surface area contributed by atoms with Gasteiger partial charge in [0.15, 0.2) is 0 Å². The third-order valence-electron chi connectivity index (χ3n) is 6.02. The van der Waals surface area contributed by atoms with Gasteiger partial charge in [-0.1, -0.05) is 38.1 Å². The van der Waals surface area contributed by atoms with Crippen LogP contribution < -0.4 is 9.47 Å². The van der Waals surface area contributed by atoms with Crippen LogP contribution in [0.3, 0.4) is 0 Å². The van der Waals surface area contributed by atoms with Gasteiger partial charge in [-0.05, 0) is 23.3 Å². The minimum absolute atomic E-state index is 0.0270. The van der Waals surface area contributed by atoms with Gasteiger partial charge in [-0.3, -0.25) is 9.69 Å². The van der Waals surface area contributed by atoms with Crippen molar-refractivity contribution in [2.75, 3.05) is 40.4 Å². The van der Waals surface area contributed by atoms with E-state index in [2.05, 4.69) is 43.0 Å². The highest BCUT2D eigenvalue weighted by molar-refractivity contribution is 5.95. The topological polar surface area (TPSA) is 42.0 Å². The molecule has 0 aliphatic carbocycles. The largest absolute Gasteiger partial charge is 0.497 e. The van der Waals surface area contributed by atoms with E-state index in [-0.39, 0.29) is 17.4 Å². The molecule has 0 aromatic heterocycles. The monoisotopic (exact) mass is 380 g/mol. The molecular formula is C23H28N2O3. The first-order valence-corrected chi connectivity index (χ1v) is 9.79. The summed E-state index contributed by atoms with van der Waals surface area (Å²) in [5.41, 5.74) is 3.47. The molecule has 4 rings (SSSR count). The molecular weight excluding hydrogens is 352 g/mol. The molecule has 2 aliphatic heterocycles. The van der Waals surface area contributed by atoms with E-state index >= 15 is 0 Å². The first kappa shape index (κ1) is 18.8. The second-order valence-electron chi connectivity index (χ2n) is 8.31. The van der Waals surface area contributed by atoms with E-state index < -0.39 is 0 Å². The predicted octanol–water partition coefficient (Wildman–Crippen LogP) is 3.49. The fourth-order valence-corrected chi connectivity index (χ4v) is 4.60. The first-order chi connectivity index (χ1) is 13.4. The van der Waals surface area contributed by atoms with E-state index in [0.717, 1.165) is 19.6 Å². The summed E-state index contributed by atoms with van der Waals surface area (Å²) in [6.45, 7) is 7.95. The van der Waals surface area contributed by atoms with Crippen molar-refractivity contribution >= 4 is 5.91 Å². The van der Waals surface area contributed by atoms with Gasteiger partial charge < -0.3 is 14.4 Å². The van der Waals surface area contributed by atoms with E-state index in [1.54, 1.807) is 32.4 Å². The molecule has 0 saturated carbocycles. The molecule has 5 heteroatoms. The lowest BCUT2D eigenvalue weighted by Crippen LogP contribution is -2.55. The summed E-state index contributed by atoms with van der Waals surface area (Å²) in [6.07, 6.45) is 0. The van der Waals surface area contributed by atoms with Crippen LogP contribution in [0.25, 0.3) is 0 Å². The molecule has 0 spiro atoms. The molecule has 0 bridgehead atoms. The SMILES string of the molecule is COc1cc(OC)cc(C(=O)N2CCN3CC(C)(C)c4ccccc4C3C2)c1. The van der Waals surface area contributed by atoms with E-state index in [4.69, 9.17) is 9.47 Å². The number of amides is 1. The van der Waals surface area contributed by atoms with Crippen molar-refractivity contribution in [1.29, 1.82) is 0 Å². The summed E-state index contributed by atoms with van der Waals surface area (Å²) >= 11 is 0. The molecule has 1 saturated heterocycles. The standard InChI is InChI=1S/C23H28N2O3/c1-23(2)15-25-10-9-24(14-21(25)19-7-5-6-8-20(19)23)22(26)16-11-17(27-3)13-18(12-16)28-4/h5-8,11-13,21H,9-10,14-15H2,1-4H3. The Hall–Kier alpha value is -2.53. The second kappa shape index (κ2) is 7.13. The summed E-state index contributed by atoms with van der Waals surface area (Å²) in [6, 6.07) is 14.3. The van der Waals surface area contributed by atoms with Crippen LogP contribution in [0.4, 0.5) is 0 Å². The Labute approximate surface area is 166 Å². The van der Waals surface area contributed by atoms with Crippen LogP contribution in [0.5, 0.6) is 11.5 Å². The van der Waals surface area contributed by atoms with Crippen LogP contribution in [0.15, 0.2) is 42.5 Å². The van der Waals surface area contributed by atoms with Crippen LogP contribution in [0, 0.1) is 0 Å². The van der Waals surface area contributed by atoms with E-state index in [9.17, 15) is 4.79 Å². The molecule has 1 amide bonds. The molecule has 2 aromatic rings. The Bertz CT molecular complexity index is 871. The average molecular weight is 380 g/mol. The van der Waals surface area contributed by atoms with E-state index in [0.29, 0.717) is 23.6 Å². The molecule has 0 N–H and O–H groups in total. The molecule has 1 fully saturated rings. The van der Waals surface area contributed by atoms with E-state index in [1.165, 1.54) is 11.1 Å². The Morgan fingerprint density at radius 3 is 2.39 bits per heavy atom. The number of methoxy groups -OCH3 is 2. The Balaban J connectivity index is 1.62. The highest BCUT2D eigenvalue weighted by atomic mass is 16.5. The third kappa shape index (κ3) is 3.24. The summed E-state index contributed by atoms with van der Waals surface area (Å²) in [5.74, 6) is 1.29. The Morgan fingerprint density at radius 2 is 1.71 bits per heavy atom.